The van der Waals surface area contributed by atoms with Gasteiger partial charge in [0.05, 0.1) is 15.9 Å². The predicted octanol–water partition coefficient (Wildman–Crippen LogP) is 3.65. The van der Waals surface area contributed by atoms with E-state index in [4.69, 9.17) is 0 Å². The topological polar surface area (TPSA) is 111 Å². The monoisotopic (exact) mass is 292 g/mol. The molecule has 0 spiro atoms. The van der Waals surface area contributed by atoms with Crippen molar-refractivity contribution in [3.63, 3.8) is 0 Å². The van der Waals surface area contributed by atoms with Gasteiger partial charge in [-0.1, -0.05) is 5.57 Å². The molecular weight excluding hydrogens is 276 g/mol. The fourth-order valence-electron chi connectivity index (χ4n) is 1.49. The van der Waals surface area contributed by atoms with Gasteiger partial charge in [0.2, 0.25) is 0 Å². The zero-order valence-electron chi connectivity index (χ0n) is 11.8. The molecule has 21 heavy (non-hydrogen) atoms. The Morgan fingerprint density at radius 3 is 2.43 bits per heavy atom. The van der Waals surface area contributed by atoms with Crippen LogP contribution >= 0.6 is 0 Å². The second-order valence-corrected chi connectivity index (χ2v) is 4.63. The van der Waals surface area contributed by atoms with E-state index in [1.807, 2.05) is 6.92 Å². The van der Waals surface area contributed by atoms with Gasteiger partial charge in [-0.25, -0.2) is 0 Å². The number of non-ortho nitro benzene ring substituents is 1. The van der Waals surface area contributed by atoms with Crippen molar-refractivity contribution in [2.24, 2.45) is 5.10 Å². The number of nitrogens with zero attached hydrogens (tertiary/aromatic N) is 3. The molecule has 0 saturated carbocycles. The second-order valence-electron chi connectivity index (χ2n) is 4.63. The lowest BCUT2D eigenvalue weighted by molar-refractivity contribution is -0.393. The number of hydrogen-bond acceptors (Lipinski definition) is 6. The Hall–Kier alpha value is -2.77. The van der Waals surface area contributed by atoms with Crippen molar-refractivity contribution < 1.29 is 9.85 Å². The zero-order valence-corrected chi connectivity index (χ0v) is 11.8. The number of nitro groups is 2. The van der Waals surface area contributed by atoms with Crippen LogP contribution in [0.3, 0.4) is 0 Å². The smallest absolute Gasteiger partial charge is 0.272 e. The normalized spacial score (nSPS) is 11.0. The summed E-state index contributed by atoms with van der Waals surface area (Å²) in [5, 5.41) is 25.6. The molecule has 1 N–H and O–H groups in total. The van der Waals surface area contributed by atoms with E-state index >= 15 is 0 Å². The third kappa shape index (κ3) is 5.01. The molecule has 112 valence electrons. The van der Waals surface area contributed by atoms with Gasteiger partial charge in [0.15, 0.2) is 0 Å². The van der Waals surface area contributed by atoms with Crippen molar-refractivity contribution in [1.29, 1.82) is 0 Å². The average Bonchev–Trinajstić information content (AvgIpc) is 2.42. The van der Waals surface area contributed by atoms with E-state index in [1.165, 1.54) is 12.1 Å². The first-order valence-electron chi connectivity index (χ1n) is 6.17. The van der Waals surface area contributed by atoms with Crippen molar-refractivity contribution in [2.45, 2.75) is 26.7 Å². The van der Waals surface area contributed by atoms with Crippen LogP contribution in [0.4, 0.5) is 17.1 Å². The molecule has 0 heterocycles. The molecule has 8 nitrogen and oxygen atoms in total. The van der Waals surface area contributed by atoms with Crippen LogP contribution in [0.15, 0.2) is 35.5 Å². The van der Waals surface area contributed by atoms with Crippen LogP contribution in [-0.4, -0.2) is 15.6 Å². The molecule has 8 heteroatoms. The predicted molar refractivity (Wildman–Crippen MR) is 80.5 cm³/mol. The maximum absolute atomic E-state index is 10.9. The summed E-state index contributed by atoms with van der Waals surface area (Å²) in [6.07, 6.45) is 1.46. The summed E-state index contributed by atoms with van der Waals surface area (Å²) < 4.78 is 0. The van der Waals surface area contributed by atoms with Crippen LogP contribution in [0.25, 0.3) is 0 Å². The van der Waals surface area contributed by atoms with Crippen LogP contribution in [0.1, 0.15) is 26.7 Å². The van der Waals surface area contributed by atoms with Crippen molar-refractivity contribution in [2.75, 3.05) is 5.43 Å². The van der Waals surface area contributed by atoms with Crippen molar-refractivity contribution in [3.8, 4) is 0 Å². The van der Waals surface area contributed by atoms with Crippen LogP contribution in [0.2, 0.25) is 0 Å². The number of nitrogens with one attached hydrogen (secondary N) is 1. The Bertz CT molecular complexity index is 610. The van der Waals surface area contributed by atoms with E-state index in [1.54, 1.807) is 6.92 Å². The molecule has 0 aliphatic rings. The molecule has 0 atom stereocenters. The second kappa shape index (κ2) is 7.13. The summed E-state index contributed by atoms with van der Waals surface area (Å²) in [4.78, 5) is 20.2. The van der Waals surface area contributed by atoms with Gasteiger partial charge in [-0.2, -0.15) is 5.10 Å². The first-order chi connectivity index (χ1) is 9.81. The summed E-state index contributed by atoms with van der Waals surface area (Å²) in [5.41, 5.74) is 3.74. The van der Waals surface area contributed by atoms with Crippen LogP contribution in [0.5, 0.6) is 0 Å². The lowest BCUT2D eigenvalue weighted by Crippen LogP contribution is -2.01. The van der Waals surface area contributed by atoms with Gasteiger partial charge in [-0.15, -0.1) is 6.58 Å². The Morgan fingerprint density at radius 1 is 1.24 bits per heavy atom. The van der Waals surface area contributed by atoms with E-state index in [0.29, 0.717) is 6.42 Å². The molecule has 0 unspecified atom stereocenters. The van der Waals surface area contributed by atoms with E-state index in [-0.39, 0.29) is 17.1 Å². The maximum Gasteiger partial charge on any atom is 0.301 e. The van der Waals surface area contributed by atoms with Crippen molar-refractivity contribution in [3.05, 3.63) is 50.6 Å². The van der Waals surface area contributed by atoms with Crippen LogP contribution in [0, 0.1) is 20.2 Å². The highest BCUT2D eigenvalue weighted by Gasteiger charge is 2.19. The van der Waals surface area contributed by atoms with Gasteiger partial charge in [0.1, 0.15) is 5.69 Å². The summed E-state index contributed by atoms with van der Waals surface area (Å²) in [7, 11) is 0. The molecule has 0 bridgehead atoms. The first kappa shape index (κ1) is 16.3. The van der Waals surface area contributed by atoms with E-state index < -0.39 is 9.85 Å². The quantitative estimate of drug-likeness (QED) is 0.357. The summed E-state index contributed by atoms with van der Waals surface area (Å²) in [5.74, 6) is 0. The fourth-order valence-corrected chi connectivity index (χ4v) is 1.49. The minimum Gasteiger partial charge on any atom is -0.272 e. The number of rotatable bonds is 7. The lowest BCUT2D eigenvalue weighted by Gasteiger charge is -2.04. The van der Waals surface area contributed by atoms with Gasteiger partial charge < -0.3 is 0 Å². The minimum absolute atomic E-state index is 0.111. The third-order valence-electron chi connectivity index (χ3n) is 2.67. The molecule has 0 aliphatic heterocycles. The highest BCUT2D eigenvalue weighted by atomic mass is 16.6. The molecule has 0 amide bonds. The summed E-state index contributed by atoms with van der Waals surface area (Å²) in [6.45, 7) is 7.47. The number of anilines is 1. The van der Waals surface area contributed by atoms with Crippen molar-refractivity contribution >= 4 is 22.8 Å². The van der Waals surface area contributed by atoms with Gasteiger partial charge in [-0.05, 0) is 32.8 Å². The first-order valence-corrected chi connectivity index (χ1v) is 6.17. The molecule has 0 aliphatic carbocycles. The number of allylic oxidation sites excluding steroid dienone is 1. The Labute approximate surface area is 121 Å². The molecule has 0 aromatic heterocycles. The van der Waals surface area contributed by atoms with E-state index in [2.05, 4.69) is 17.1 Å². The van der Waals surface area contributed by atoms with Gasteiger partial charge >= 0.3 is 5.69 Å². The summed E-state index contributed by atoms with van der Waals surface area (Å²) >= 11 is 0. The fraction of sp³-hybridized carbons (Fsp3) is 0.308. The molecule has 0 fully saturated rings. The van der Waals surface area contributed by atoms with E-state index in [9.17, 15) is 20.2 Å². The number of hydrogen-bond donors (Lipinski definition) is 1. The molecule has 0 saturated heterocycles. The van der Waals surface area contributed by atoms with Gasteiger partial charge in [0.25, 0.3) is 5.69 Å². The molecule has 0 radical (unpaired) electrons. The van der Waals surface area contributed by atoms with E-state index in [0.717, 1.165) is 23.8 Å². The van der Waals surface area contributed by atoms with Crippen LogP contribution < -0.4 is 5.43 Å². The Balaban J connectivity index is 2.92. The third-order valence-corrected chi connectivity index (χ3v) is 2.67. The van der Waals surface area contributed by atoms with Gasteiger partial charge in [0, 0.05) is 11.8 Å². The Kier molecular flexibility index (Phi) is 5.53. The standard InChI is InChI=1S/C13H16N4O4/c1-9(2)4-5-10(3)14-15-12-7-6-11(16(18)19)8-13(12)17(20)21/h6-8,15H,1,4-5H2,2-3H3. The van der Waals surface area contributed by atoms with Crippen molar-refractivity contribution in [1.82, 2.24) is 0 Å². The zero-order chi connectivity index (χ0) is 16.0. The lowest BCUT2D eigenvalue weighted by atomic mass is 10.1. The minimum atomic E-state index is -0.686. The number of hydrazone groups is 1. The number of benzene rings is 1. The highest BCUT2D eigenvalue weighted by molar-refractivity contribution is 5.83. The average molecular weight is 292 g/mol. The maximum atomic E-state index is 10.9. The highest BCUT2D eigenvalue weighted by Crippen LogP contribution is 2.28. The van der Waals surface area contributed by atoms with Crippen LogP contribution in [-0.2, 0) is 0 Å². The molecular formula is C13H16N4O4. The largest absolute Gasteiger partial charge is 0.301 e. The molecule has 1 aromatic carbocycles. The SMILES string of the molecule is C=C(C)CCC(C)=NNc1ccc([N+](=O)[O-])cc1[N+](=O)[O-]. The van der Waals surface area contributed by atoms with Gasteiger partial charge in [-0.3, -0.25) is 25.7 Å². The summed E-state index contributed by atoms with van der Waals surface area (Å²) in [6, 6.07) is 3.36. The molecule has 1 aromatic rings. The Morgan fingerprint density at radius 2 is 1.90 bits per heavy atom. The number of nitro benzene ring substituents is 2. The molecule has 1 rings (SSSR count).